The van der Waals surface area contributed by atoms with Crippen molar-refractivity contribution >= 4 is 77.7 Å². The maximum Gasteiger partial charge on any atom is 0.330 e. The van der Waals surface area contributed by atoms with Crippen LogP contribution in [0.3, 0.4) is 0 Å². The molecule has 38 heteroatoms. The minimum Gasteiger partial charge on any atom is -0.388 e. The van der Waals surface area contributed by atoms with Crippen LogP contribution in [-0.2, 0) is 52.5 Å². The van der Waals surface area contributed by atoms with Gasteiger partial charge in [-0.25, -0.2) is 14.4 Å². The van der Waals surface area contributed by atoms with Crippen LogP contribution in [0.25, 0.3) is 0 Å². The first kappa shape index (κ1) is 99.7. The van der Waals surface area contributed by atoms with Gasteiger partial charge >= 0.3 is 17.1 Å². The number of carbonyl (C=O) groups is 2. The standard InChI is InChI=1S/C17H27N2O5P.C16H27N2O5P.C16H25N2O5P.2C15H25N2O4P/c1-5-6-7-11-10-19(17(23)18-15(11)22)16-14(21)13(20)12(24-16)8-9-25(2,3)4;2*1-5-6-10-9-18(16(22)17-14(10)21)15-13(20)12(19)11(23-15)7-8-24(2,3)4;2*1-10-16-12(18)6-8-17(10)14-15(2,20)13(19)11(21-14)7-9-22(3,4)5/h5,10,12-14,16,20-21H,1-2,6-9H2,3-4H3,(H,18,22,23);9,11-13,15,19-20H,2,5-8H2,1,3-4H3,(H,17,21,22);5,9,11-13,15,19-20H,1-2,6-8H2,3-4H3,(H,17,21,22);2*6,8,11,13-14,19-20H,1,3,7,9H2,2,4-5H3,(H,16,18)/t12?,13-,14-,16-;2*11?,12-,13-,15-;11?,13-,14-,15+;11?,13-,14-,15-/m11111/s1. The number of hydrogen-bond donors (Lipinski definition) is 15. The second kappa shape index (κ2) is 41.2. The minimum absolute atomic E-state index is 0.278. The van der Waals surface area contributed by atoms with Gasteiger partial charge in [0.25, 0.3) is 28.5 Å². The molecule has 5 unspecified atom stereocenters. The van der Waals surface area contributed by atoms with Crippen molar-refractivity contribution in [1.29, 1.82) is 0 Å². The largest absolute Gasteiger partial charge is 0.388 e. The fraction of sp³-hybridized carbons (Fsp3) is 0.608. The Hall–Kier alpha value is -6.08. The van der Waals surface area contributed by atoms with E-state index in [-0.39, 0.29) is 18.2 Å². The van der Waals surface area contributed by atoms with Gasteiger partial charge in [-0.05, 0) is 169 Å². The first-order valence-corrected chi connectivity index (χ1v) is 53.9. The molecule has 5 saturated heterocycles. The van der Waals surface area contributed by atoms with Crippen molar-refractivity contribution in [2.45, 2.75) is 207 Å². The number of rotatable bonds is 27. The van der Waals surface area contributed by atoms with E-state index in [2.05, 4.69) is 150 Å². The van der Waals surface area contributed by atoms with Gasteiger partial charge in [0.2, 0.25) is 0 Å². The van der Waals surface area contributed by atoms with Crippen LogP contribution in [0.15, 0.2) is 122 Å². The predicted octanol–water partition coefficient (Wildman–Crippen LogP) is 1.24. The van der Waals surface area contributed by atoms with Gasteiger partial charge in [-0.2, -0.15) is 0 Å². The van der Waals surface area contributed by atoms with Gasteiger partial charge in [0, 0.05) is 59.8 Å². The van der Waals surface area contributed by atoms with E-state index in [0.29, 0.717) is 79.7 Å². The van der Waals surface area contributed by atoms with Crippen molar-refractivity contribution in [1.82, 2.24) is 49.1 Å². The molecule has 0 aliphatic carbocycles. The molecule has 3 aromatic heterocycles. The molecule has 7 aliphatic rings. The lowest BCUT2D eigenvalue weighted by atomic mass is 9.95. The number of aromatic amines is 3. The van der Waals surface area contributed by atoms with Gasteiger partial charge in [0.15, 0.2) is 31.1 Å². The lowest BCUT2D eigenvalue weighted by molar-refractivity contribution is -0.124. The summed E-state index contributed by atoms with van der Waals surface area (Å²) < 4.78 is 32.4. The smallest absolute Gasteiger partial charge is 0.330 e. The molecule has 7 aliphatic heterocycles. The molecule has 117 heavy (non-hydrogen) atoms. The number of carbonyl (C=O) groups excluding carboxylic acids is 2. The Bertz CT molecular complexity index is 4630. The van der Waals surface area contributed by atoms with Crippen LogP contribution in [0, 0.1) is 0 Å². The summed E-state index contributed by atoms with van der Waals surface area (Å²) in [4.78, 5) is 104. The molecule has 0 radical (unpaired) electrons. The molecular weight excluding hydrogens is 1610 g/mol. The van der Waals surface area contributed by atoms with E-state index in [0.717, 1.165) is 46.4 Å². The fourth-order valence-corrected chi connectivity index (χ4v) is 18.4. The Morgan fingerprint density at radius 2 is 0.709 bits per heavy atom. The topological polar surface area (TPSA) is 478 Å². The van der Waals surface area contributed by atoms with Crippen LogP contribution in [0.2, 0.25) is 0 Å². The molecule has 0 spiro atoms. The van der Waals surface area contributed by atoms with E-state index in [1.807, 2.05) is 6.92 Å². The van der Waals surface area contributed by atoms with E-state index in [1.165, 1.54) is 71.4 Å². The number of nitrogens with zero attached hydrogens (tertiary/aromatic N) is 5. The molecule has 2 amide bonds. The van der Waals surface area contributed by atoms with Crippen LogP contribution in [0.5, 0.6) is 0 Å². The van der Waals surface area contributed by atoms with Crippen LogP contribution in [-0.4, -0.2) is 333 Å². The fourth-order valence-electron chi connectivity index (χ4n) is 13.7. The number of H-pyrrole nitrogens is 3. The average Bonchev–Trinajstić information content (AvgIpc) is 1.61. The number of aromatic nitrogens is 6. The molecule has 0 bridgehead atoms. The Labute approximate surface area is 684 Å². The summed E-state index contributed by atoms with van der Waals surface area (Å²) in [5.74, 6) is 0.0745. The number of aliphatic hydroxyl groups is 10. The van der Waals surface area contributed by atoms with Gasteiger partial charge < -0.3 is 95.2 Å². The molecule has 0 saturated carbocycles. The number of aliphatic hydroxyl groups excluding tert-OH is 8. The molecule has 10 heterocycles. The highest BCUT2D eigenvalue weighted by molar-refractivity contribution is 7.73. The lowest BCUT2D eigenvalue weighted by Gasteiger charge is -2.37. The summed E-state index contributed by atoms with van der Waals surface area (Å²) in [5, 5.41) is 109. The number of aryl methyl sites for hydroxylation is 2. The second-order valence-corrected chi connectivity index (χ2v) is 56.2. The van der Waals surface area contributed by atoms with Crippen LogP contribution >= 0.6 is 34.4 Å². The van der Waals surface area contributed by atoms with E-state index in [1.54, 1.807) is 12.2 Å². The van der Waals surface area contributed by atoms with E-state index < -0.39 is 190 Å². The SMILES string of the molecule is C=C1NC(=O)C=CN1[C@@H]1OC(CCP(=C)(C)C)[C@@H](O)[C@@]1(C)O.C=C1NC(=O)C=CN1[C@@H]1OC(CCP(=C)(C)C)[C@@H](O)[C@]1(C)O.C=CCCc1cn([C@@H]2OC(CCP(=C)(C)C)[C@@H](O)[C@H]2O)c(=O)[nH]c1=O.C=CCc1cn([C@@H]2OC(CCP(=C)(C)C)[C@@H](O)[C@H]2O)c(=O)[nH]c1=O.C=P(C)(C)CCC1O[C@@H](n2cc(CCC)c(=O)[nH]c2=O)[C@H](O)[C@@H]1O. The van der Waals surface area contributed by atoms with Crippen LogP contribution < -0.4 is 44.4 Å². The zero-order chi connectivity index (χ0) is 88.3. The van der Waals surface area contributed by atoms with E-state index in [4.69, 9.17) is 23.7 Å². The van der Waals surface area contributed by atoms with Crippen molar-refractivity contribution in [3.8, 4) is 0 Å². The summed E-state index contributed by atoms with van der Waals surface area (Å²) in [6, 6.07) is 0. The van der Waals surface area contributed by atoms with Crippen molar-refractivity contribution < 1.29 is 84.3 Å². The highest BCUT2D eigenvalue weighted by Crippen LogP contribution is 2.46. The lowest BCUT2D eigenvalue weighted by Crippen LogP contribution is -2.53. The first-order valence-electron chi connectivity index (χ1n) is 38.7. The Morgan fingerprint density at radius 3 is 0.983 bits per heavy atom. The van der Waals surface area contributed by atoms with Crippen molar-refractivity contribution in [3.63, 3.8) is 0 Å². The molecular formula is C79H129N10O23P5. The average molecular weight is 1740 g/mol. The number of ether oxygens (including phenoxy) is 5. The molecule has 3 aromatic rings. The van der Waals surface area contributed by atoms with Crippen molar-refractivity contribution in [2.24, 2.45) is 0 Å². The van der Waals surface area contributed by atoms with Gasteiger partial charge in [-0.3, -0.25) is 52.6 Å². The minimum atomic E-state index is -1.47. The maximum absolute atomic E-state index is 12.1. The maximum atomic E-state index is 12.1. The summed E-state index contributed by atoms with van der Waals surface area (Å²) in [6.07, 6.45) is 27.1. The number of hydrogen-bond acceptors (Lipinski definition) is 25. The number of amides is 2. The van der Waals surface area contributed by atoms with Crippen molar-refractivity contribution in [3.05, 3.63) is 172 Å². The molecule has 20 atom stereocenters. The third kappa shape index (κ3) is 27.5. The van der Waals surface area contributed by atoms with Gasteiger partial charge in [-0.15, -0.1) is 79.1 Å². The summed E-state index contributed by atoms with van der Waals surface area (Å²) in [7, 11) is 0. The molecule has 0 aromatic carbocycles. The molecule has 658 valence electrons. The second-order valence-electron chi connectivity index (χ2n) is 34.6. The van der Waals surface area contributed by atoms with Crippen LogP contribution in [0.1, 0.15) is 101 Å². The van der Waals surface area contributed by atoms with Gasteiger partial charge in [-0.1, -0.05) is 38.7 Å². The Balaban J connectivity index is 0.000000227. The predicted molar refractivity (Wildman–Crippen MR) is 472 cm³/mol. The number of allylic oxidation sites excluding steroid dienone is 2. The Morgan fingerprint density at radius 1 is 0.427 bits per heavy atom. The zero-order valence-electron chi connectivity index (χ0n) is 69.8. The summed E-state index contributed by atoms with van der Waals surface area (Å²) >= 11 is 0. The monoisotopic (exact) mass is 1740 g/mol. The quantitative estimate of drug-likeness (QED) is 0.0377. The molecule has 15 N–H and O–H groups in total. The van der Waals surface area contributed by atoms with E-state index in [9.17, 15) is 89.4 Å². The highest BCUT2D eigenvalue weighted by atomic mass is 31.2. The zero-order valence-corrected chi connectivity index (χ0v) is 74.3. The Kier molecular flexibility index (Phi) is 35.1. The normalized spacial score (nSPS) is 30.5. The van der Waals surface area contributed by atoms with Crippen LogP contribution in [0.4, 0.5) is 0 Å². The summed E-state index contributed by atoms with van der Waals surface area (Å²) in [5.41, 5.74) is -5.14. The van der Waals surface area contributed by atoms with Gasteiger partial charge in [0.1, 0.15) is 71.7 Å². The third-order valence-electron chi connectivity index (χ3n) is 20.5. The first-order chi connectivity index (χ1) is 53.9. The molecule has 5 fully saturated rings. The molecule has 33 nitrogen and oxygen atoms in total. The van der Waals surface area contributed by atoms with Crippen molar-refractivity contribution in [2.75, 3.05) is 97.5 Å². The van der Waals surface area contributed by atoms with Gasteiger partial charge in [0.05, 0.1) is 30.5 Å². The third-order valence-corrected chi connectivity index (χ3v) is 27.8. The summed E-state index contributed by atoms with van der Waals surface area (Å²) in [6.45, 7) is 34.4. The molecule has 10 rings (SSSR count). The van der Waals surface area contributed by atoms with E-state index >= 15 is 0 Å². The highest BCUT2D eigenvalue weighted by Gasteiger charge is 2.56. The number of nitrogens with one attached hydrogen (secondary N) is 5.